The molecule has 0 radical (unpaired) electrons. The number of nitrogens with one attached hydrogen (secondary N) is 1. The predicted octanol–water partition coefficient (Wildman–Crippen LogP) is 0.403. The molecule has 0 aromatic heterocycles. The molecule has 2 heterocycles. The fraction of sp³-hybridized carbons (Fsp3) is 0.526. The van der Waals surface area contributed by atoms with Crippen molar-refractivity contribution in [3.05, 3.63) is 29.3 Å². The van der Waals surface area contributed by atoms with Crippen LogP contribution in [-0.4, -0.2) is 44.0 Å². The van der Waals surface area contributed by atoms with Gasteiger partial charge in [-0.15, -0.1) is 0 Å². The molecule has 1 atom stereocenters. The van der Waals surface area contributed by atoms with Gasteiger partial charge in [-0.2, -0.15) is 0 Å². The van der Waals surface area contributed by atoms with Crippen molar-refractivity contribution in [3.8, 4) is 0 Å². The molecule has 1 aromatic rings. The number of ether oxygens (including phenoxy) is 1. The van der Waals surface area contributed by atoms with Gasteiger partial charge in [0, 0.05) is 12.8 Å². The maximum atomic E-state index is 12.9. The number of piperidine rings is 1. The number of hydrogen-bond acceptors (Lipinski definition) is 4. The molecule has 6 nitrogen and oxygen atoms in total. The van der Waals surface area contributed by atoms with E-state index in [1.165, 1.54) is 12.0 Å². The van der Waals surface area contributed by atoms with E-state index >= 15 is 0 Å². The highest BCUT2D eigenvalue weighted by Gasteiger charge is 2.47. The van der Waals surface area contributed by atoms with Crippen molar-refractivity contribution in [1.29, 1.82) is 0 Å². The number of hydrogen-bond donors (Lipinski definition) is 1. The second kappa shape index (κ2) is 6.96. The number of carbonyl (C=O) groups excluding carboxylic acids is 3. The largest absolute Gasteiger partial charge is 0.469 e. The molecule has 0 saturated carbocycles. The molecule has 0 bridgehead atoms. The monoisotopic (exact) mass is 345 g/mol. The number of aryl methyl sites for hydroxylation is 2. The van der Waals surface area contributed by atoms with E-state index in [1.807, 2.05) is 32.0 Å². The number of esters is 1. The van der Waals surface area contributed by atoms with Gasteiger partial charge in [0.2, 0.25) is 5.91 Å². The number of rotatable bonds is 3. The third kappa shape index (κ3) is 3.44. The zero-order valence-electron chi connectivity index (χ0n) is 15.0. The summed E-state index contributed by atoms with van der Waals surface area (Å²) in [5.74, 6) is -0.523. The summed E-state index contributed by atoms with van der Waals surface area (Å²) in [6, 6.07) is 5.44. The van der Waals surface area contributed by atoms with Gasteiger partial charge in [0.25, 0.3) is 5.91 Å². The quantitative estimate of drug-likeness (QED) is 0.636. The minimum absolute atomic E-state index is 0.0866. The molecule has 25 heavy (non-hydrogen) atoms. The number of likely N-dealkylation sites (tertiary alicyclic amines) is 1. The van der Waals surface area contributed by atoms with Gasteiger partial charge >= 0.3 is 5.97 Å². The molecule has 2 saturated heterocycles. The third-order valence-electron chi connectivity index (χ3n) is 5.27. The molecule has 2 aliphatic rings. The van der Waals surface area contributed by atoms with Crippen molar-refractivity contribution in [2.45, 2.75) is 39.2 Å². The van der Waals surface area contributed by atoms with Gasteiger partial charge in [0.05, 0.1) is 38.2 Å². The summed E-state index contributed by atoms with van der Waals surface area (Å²) in [5, 5.41) is 0. The van der Waals surface area contributed by atoms with E-state index in [0.717, 1.165) is 16.0 Å². The number of nitrogens with zero attached hydrogens (tertiary/aromatic N) is 1. The van der Waals surface area contributed by atoms with Crippen LogP contribution in [0.3, 0.4) is 0 Å². The molecule has 1 N–H and O–H groups in total. The second-order valence-corrected chi connectivity index (χ2v) is 7.13. The van der Waals surface area contributed by atoms with E-state index in [0.29, 0.717) is 31.6 Å². The number of amides is 2. The fourth-order valence-corrected chi connectivity index (χ4v) is 4.04. The molecule has 2 amide bonds. The Kier molecular flexibility index (Phi) is 4.90. The van der Waals surface area contributed by atoms with Crippen LogP contribution >= 0.6 is 0 Å². The van der Waals surface area contributed by atoms with Crippen LogP contribution in [0.2, 0.25) is 0 Å². The molecule has 0 unspecified atom stereocenters. The first-order valence-corrected chi connectivity index (χ1v) is 8.78. The first kappa shape index (κ1) is 17.6. The molecule has 1 aromatic carbocycles. The van der Waals surface area contributed by atoms with E-state index in [2.05, 4.69) is 0 Å². The topological polar surface area (TPSA) is 68.1 Å². The summed E-state index contributed by atoms with van der Waals surface area (Å²) in [6.45, 7) is 5.35. The highest BCUT2D eigenvalue weighted by Crippen LogP contribution is 2.25. The molecule has 2 fully saturated rings. The molecule has 0 spiro atoms. The van der Waals surface area contributed by atoms with Crippen LogP contribution < -0.4 is 9.80 Å². The Morgan fingerprint density at radius 3 is 2.28 bits per heavy atom. The molecular weight excluding hydrogens is 320 g/mol. The summed E-state index contributed by atoms with van der Waals surface area (Å²) in [5.41, 5.74) is 2.73. The van der Waals surface area contributed by atoms with Crippen LogP contribution in [0.1, 0.15) is 30.4 Å². The zero-order chi connectivity index (χ0) is 18.1. The minimum Gasteiger partial charge on any atom is -0.469 e. The lowest BCUT2D eigenvalue weighted by Crippen LogP contribution is -3.17. The zero-order valence-corrected chi connectivity index (χ0v) is 15.0. The van der Waals surface area contributed by atoms with Gasteiger partial charge < -0.3 is 9.64 Å². The summed E-state index contributed by atoms with van der Waals surface area (Å²) < 4.78 is 4.81. The molecule has 0 aliphatic carbocycles. The van der Waals surface area contributed by atoms with Crippen LogP contribution in [0.25, 0.3) is 0 Å². The standard InChI is InChI=1S/C19H24N2O4/c1-12-8-13(2)10-15(9-12)21-17(22)11-16(18(21)23)20-6-4-14(5-7-20)19(24)25-3/h8-10,14,16H,4-7,11H2,1-3H3/p+1/t16-/m1/s1. The smallest absolute Gasteiger partial charge is 0.309 e. The highest BCUT2D eigenvalue weighted by molar-refractivity contribution is 6.21. The van der Waals surface area contributed by atoms with Crippen molar-refractivity contribution in [3.63, 3.8) is 0 Å². The van der Waals surface area contributed by atoms with Crippen LogP contribution in [-0.2, 0) is 19.1 Å². The van der Waals surface area contributed by atoms with E-state index in [9.17, 15) is 14.4 Å². The van der Waals surface area contributed by atoms with Gasteiger partial charge in [0.1, 0.15) is 0 Å². The van der Waals surface area contributed by atoms with Crippen LogP contribution in [0.4, 0.5) is 5.69 Å². The number of carbonyl (C=O) groups is 3. The highest BCUT2D eigenvalue weighted by atomic mass is 16.5. The van der Waals surface area contributed by atoms with Crippen molar-refractivity contribution in [2.75, 3.05) is 25.1 Å². The van der Waals surface area contributed by atoms with Gasteiger partial charge in [-0.3, -0.25) is 14.4 Å². The van der Waals surface area contributed by atoms with Crippen LogP contribution in [0, 0.1) is 19.8 Å². The Morgan fingerprint density at radius 2 is 1.72 bits per heavy atom. The Morgan fingerprint density at radius 1 is 1.12 bits per heavy atom. The number of quaternary nitrogens is 1. The predicted molar refractivity (Wildman–Crippen MR) is 92.3 cm³/mol. The fourth-order valence-electron chi connectivity index (χ4n) is 4.04. The minimum atomic E-state index is -0.341. The Labute approximate surface area is 147 Å². The lowest BCUT2D eigenvalue weighted by atomic mass is 9.95. The van der Waals surface area contributed by atoms with Crippen LogP contribution in [0.15, 0.2) is 18.2 Å². The summed E-state index contributed by atoms with van der Waals surface area (Å²) in [6.07, 6.45) is 1.64. The van der Waals surface area contributed by atoms with E-state index < -0.39 is 0 Å². The van der Waals surface area contributed by atoms with Crippen molar-refractivity contribution in [1.82, 2.24) is 0 Å². The number of benzene rings is 1. The lowest BCUT2D eigenvalue weighted by molar-refractivity contribution is -0.920. The van der Waals surface area contributed by atoms with Gasteiger partial charge in [-0.1, -0.05) is 6.07 Å². The normalized spacial score (nSPS) is 26.8. The Hall–Kier alpha value is -2.21. The van der Waals surface area contributed by atoms with Gasteiger partial charge in [-0.05, 0) is 37.1 Å². The first-order valence-electron chi connectivity index (χ1n) is 8.78. The SMILES string of the molecule is COC(=O)C1CC[NH+]([C@@H]2CC(=O)N(c3cc(C)cc(C)c3)C2=O)CC1. The lowest BCUT2D eigenvalue weighted by Gasteiger charge is -2.30. The summed E-state index contributed by atoms with van der Waals surface area (Å²) in [4.78, 5) is 39.5. The molecule has 2 aliphatic heterocycles. The van der Waals surface area contributed by atoms with Crippen LogP contribution in [0.5, 0.6) is 0 Å². The first-order chi connectivity index (χ1) is 11.9. The van der Waals surface area contributed by atoms with Crippen molar-refractivity contribution < 1.29 is 24.0 Å². The molecule has 6 heteroatoms. The molecule has 134 valence electrons. The average molecular weight is 345 g/mol. The Bertz CT molecular complexity index is 687. The average Bonchev–Trinajstić information content (AvgIpc) is 2.88. The van der Waals surface area contributed by atoms with E-state index in [4.69, 9.17) is 4.74 Å². The number of anilines is 1. The van der Waals surface area contributed by atoms with Crippen molar-refractivity contribution >= 4 is 23.5 Å². The Balaban J connectivity index is 1.73. The number of imide groups is 1. The van der Waals surface area contributed by atoms with Crippen molar-refractivity contribution in [2.24, 2.45) is 5.92 Å². The number of methoxy groups -OCH3 is 1. The van der Waals surface area contributed by atoms with Gasteiger partial charge in [0.15, 0.2) is 6.04 Å². The third-order valence-corrected chi connectivity index (χ3v) is 5.27. The van der Waals surface area contributed by atoms with E-state index in [-0.39, 0.29) is 36.2 Å². The maximum absolute atomic E-state index is 12.9. The maximum Gasteiger partial charge on any atom is 0.309 e. The summed E-state index contributed by atoms with van der Waals surface area (Å²) >= 11 is 0. The van der Waals surface area contributed by atoms with E-state index in [1.54, 1.807) is 0 Å². The molecular formula is C19H25N2O4+. The second-order valence-electron chi connectivity index (χ2n) is 7.13. The summed E-state index contributed by atoms with van der Waals surface area (Å²) in [7, 11) is 1.41. The molecule has 3 rings (SSSR count). The van der Waals surface area contributed by atoms with Gasteiger partial charge in [-0.25, -0.2) is 4.90 Å².